The topological polar surface area (TPSA) is 78.4 Å². The SMILES string of the molecule is CCCCOC(=O)C(C(=O)OC)c1nc(Cl)ncc1C. The molecule has 0 bridgehead atoms. The maximum Gasteiger partial charge on any atom is 0.326 e. The van der Waals surface area contributed by atoms with Gasteiger partial charge in [-0.05, 0) is 30.5 Å². The zero-order chi connectivity index (χ0) is 15.1. The van der Waals surface area contributed by atoms with Crippen LogP contribution in [0.4, 0.5) is 0 Å². The van der Waals surface area contributed by atoms with Crippen molar-refractivity contribution < 1.29 is 19.1 Å². The average Bonchev–Trinajstić information content (AvgIpc) is 2.43. The molecular weight excluding hydrogens is 284 g/mol. The van der Waals surface area contributed by atoms with Crippen LogP contribution >= 0.6 is 11.6 Å². The summed E-state index contributed by atoms with van der Waals surface area (Å²) >= 11 is 5.71. The number of halogens is 1. The average molecular weight is 301 g/mol. The van der Waals surface area contributed by atoms with Crippen molar-refractivity contribution in [2.45, 2.75) is 32.6 Å². The highest BCUT2D eigenvalue weighted by Gasteiger charge is 2.34. The van der Waals surface area contributed by atoms with Crippen molar-refractivity contribution in [1.29, 1.82) is 0 Å². The normalized spacial score (nSPS) is 11.8. The summed E-state index contributed by atoms with van der Waals surface area (Å²) in [7, 11) is 1.20. The Kier molecular flexibility index (Phi) is 6.38. The van der Waals surface area contributed by atoms with Gasteiger partial charge in [-0.2, -0.15) is 0 Å². The summed E-state index contributed by atoms with van der Waals surface area (Å²) < 4.78 is 9.72. The molecule has 0 saturated carbocycles. The molecule has 0 radical (unpaired) electrons. The van der Waals surface area contributed by atoms with Crippen LogP contribution in [0.15, 0.2) is 6.20 Å². The lowest BCUT2D eigenvalue weighted by Gasteiger charge is -2.15. The van der Waals surface area contributed by atoms with Crippen LogP contribution in [0, 0.1) is 6.92 Å². The van der Waals surface area contributed by atoms with Crippen LogP contribution in [0.5, 0.6) is 0 Å². The molecule has 1 heterocycles. The molecule has 0 fully saturated rings. The van der Waals surface area contributed by atoms with E-state index in [0.717, 1.165) is 12.8 Å². The van der Waals surface area contributed by atoms with Crippen molar-refractivity contribution in [2.24, 2.45) is 0 Å². The zero-order valence-electron chi connectivity index (χ0n) is 11.7. The van der Waals surface area contributed by atoms with Gasteiger partial charge >= 0.3 is 11.9 Å². The molecule has 0 saturated heterocycles. The minimum Gasteiger partial charge on any atom is -0.468 e. The van der Waals surface area contributed by atoms with E-state index >= 15 is 0 Å². The molecule has 6 nitrogen and oxygen atoms in total. The summed E-state index contributed by atoms with van der Waals surface area (Å²) in [5, 5.41) is -0.0409. The van der Waals surface area contributed by atoms with Crippen molar-refractivity contribution in [2.75, 3.05) is 13.7 Å². The standard InChI is InChI=1S/C13H17ClN2O4/c1-4-5-6-20-12(18)9(11(17)19-3)10-8(2)7-15-13(14)16-10/h7,9H,4-6H2,1-3H3. The number of ether oxygens (including phenoxy) is 2. The number of methoxy groups -OCH3 is 1. The quantitative estimate of drug-likeness (QED) is 0.346. The van der Waals surface area contributed by atoms with Crippen LogP contribution in [-0.2, 0) is 19.1 Å². The first-order chi connectivity index (χ1) is 9.51. The van der Waals surface area contributed by atoms with Gasteiger partial charge in [0, 0.05) is 6.20 Å². The van der Waals surface area contributed by atoms with E-state index in [1.807, 2.05) is 6.92 Å². The highest BCUT2D eigenvalue weighted by atomic mass is 35.5. The van der Waals surface area contributed by atoms with Gasteiger partial charge < -0.3 is 9.47 Å². The maximum atomic E-state index is 12.1. The molecule has 0 N–H and O–H groups in total. The molecule has 110 valence electrons. The molecule has 0 aromatic carbocycles. The van der Waals surface area contributed by atoms with E-state index in [-0.39, 0.29) is 17.6 Å². The van der Waals surface area contributed by atoms with Gasteiger partial charge in [0.25, 0.3) is 0 Å². The van der Waals surface area contributed by atoms with Crippen LogP contribution in [0.3, 0.4) is 0 Å². The highest BCUT2D eigenvalue weighted by Crippen LogP contribution is 2.22. The predicted molar refractivity (Wildman–Crippen MR) is 72.4 cm³/mol. The number of esters is 2. The number of hydrogen-bond donors (Lipinski definition) is 0. The molecule has 1 aromatic rings. The molecule has 0 aliphatic heterocycles. The maximum absolute atomic E-state index is 12.1. The summed E-state index contributed by atoms with van der Waals surface area (Å²) in [5.74, 6) is -2.66. The van der Waals surface area contributed by atoms with E-state index < -0.39 is 17.9 Å². The summed E-state index contributed by atoms with van der Waals surface area (Å²) in [4.78, 5) is 31.6. The zero-order valence-corrected chi connectivity index (χ0v) is 12.4. The van der Waals surface area contributed by atoms with Crippen molar-refractivity contribution >= 4 is 23.5 Å². The van der Waals surface area contributed by atoms with Gasteiger partial charge in [0.2, 0.25) is 5.28 Å². The number of aromatic nitrogens is 2. The fourth-order valence-electron chi connectivity index (χ4n) is 1.56. The van der Waals surface area contributed by atoms with Crippen LogP contribution in [0.1, 0.15) is 36.9 Å². The fraction of sp³-hybridized carbons (Fsp3) is 0.538. The van der Waals surface area contributed by atoms with Crippen LogP contribution in [0.25, 0.3) is 0 Å². The summed E-state index contributed by atoms with van der Waals surface area (Å²) in [5.41, 5.74) is 0.774. The van der Waals surface area contributed by atoms with Crippen LogP contribution in [-0.4, -0.2) is 35.6 Å². The first-order valence-electron chi connectivity index (χ1n) is 6.24. The smallest absolute Gasteiger partial charge is 0.326 e. The minimum absolute atomic E-state index is 0.0409. The van der Waals surface area contributed by atoms with E-state index in [2.05, 4.69) is 14.7 Å². The summed E-state index contributed by atoms with van der Waals surface area (Å²) in [6.45, 7) is 3.90. The first kappa shape index (κ1) is 16.4. The number of carbonyl (C=O) groups is 2. The van der Waals surface area contributed by atoms with E-state index in [1.165, 1.54) is 13.3 Å². The second-order valence-corrected chi connectivity index (χ2v) is 4.52. The van der Waals surface area contributed by atoms with Gasteiger partial charge in [0.1, 0.15) is 0 Å². The van der Waals surface area contributed by atoms with E-state index in [1.54, 1.807) is 6.92 Å². The van der Waals surface area contributed by atoms with Crippen molar-refractivity contribution in [1.82, 2.24) is 9.97 Å². The van der Waals surface area contributed by atoms with Gasteiger partial charge in [-0.3, -0.25) is 9.59 Å². The Labute approximate surface area is 122 Å². The molecule has 1 atom stereocenters. The lowest BCUT2D eigenvalue weighted by molar-refractivity contribution is -0.156. The lowest BCUT2D eigenvalue weighted by atomic mass is 10.0. The highest BCUT2D eigenvalue weighted by molar-refractivity contribution is 6.28. The van der Waals surface area contributed by atoms with Crippen molar-refractivity contribution in [3.63, 3.8) is 0 Å². The van der Waals surface area contributed by atoms with E-state index in [4.69, 9.17) is 16.3 Å². The molecule has 1 unspecified atom stereocenters. The monoisotopic (exact) mass is 300 g/mol. The van der Waals surface area contributed by atoms with E-state index in [0.29, 0.717) is 5.56 Å². The minimum atomic E-state index is -1.24. The third-order valence-corrected chi connectivity index (χ3v) is 2.85. The predicted octanol–water partition coefficient (Wildman–Crippen LogP) is 2.04. The molecule has 0 aliphatic carbocycles. The van der Waals surface area contributed by atoms with Gasteiger partial charge in [-0.1, -0.05) is 13.3 Å². The number of hydrogen-bond acceptors (Lipinski definition) is 6. The third-order valence-electron chi connectivity index (χ3n) is 2.67. The van der Waals surface area contributed by atoms with Crippen LogP contribution in [0.2, 0.25) is 5.28 Å². The first-order valence-corrected chi connectivity index (χ1v) is 6.62. The fourth-order valence-corrected chi connectivity index (χ4v) is 1.70. The largest absolute Gasteiger partial charge is 0.468 e. The summed E-state index contributed by atoms with van der Waals surface area (Å²) in [6, 6.07) is 0. The van der Waals surface area contributed by atoms with Crippen LogP contribution < -0.4 is 0 Å². The Bertz CT molecular complexity index is 493. The van der Waals surface area contributed by atoms with Gasteiger partial charge in [0.15, 0.2) is 5.92 Å². The van der Waals surface area contributed by atoms with E-state index in [9.17, 15) is 9.59 Å². The molecule has 0 spiro atoms. The van der Waals surface area contributed by atoms with Crippen molar-refractivity contribution in [3.05, 3.63) is 22.7 Å². The second kappa shape index (κ2) is 7.79. The summed E-state index contributed by atoms with van der Waals surface area (Å²) in [6.07, 6.45) is 3.05. The Morgan fingerprint density at radius 1 is 1.40 bits per heavy atom. The van der Waals surface area contributed by atoms with Gasteiger partial charge in [-0.15, -0.1) is 0 Å². The molecular formula is C13H17ClN2O4. The van der Waals surface area contributed by atoms with Gasteiger partial charge in [0.05, 0.1) is 19.4 Å². The number of unbranched alkanes of at least 4 members (excludes halogenated alkanes) is 1. The lowest BCUT2D eigenvalue weighted by Crippen LogP contribution is -2.27. The second-order valence-electron chi connectivity index (χ2n) is 4.18. The number of aryl methyl sites for hydroxylation is 1. The molecule has 1 rings (SSSR count). The molecule has 0 amide bonds. The molecule has 0 aliphatic rings. The molecule has 20 heavy (non-hydrogen) atoms. The number of rotatable bonds is 6. The molecule has 7 heteroatoms. The Morgan fingerprint density at radius 2 is 2.10 bits per heavy atom. The third kappa shape index (κ3) is 4.16. The molecule has 1 aromatic heterocycles. The van der Waals surface area contributed by atoms with Crippen molar-refractivity contribution in [3.8, 4) is 0 Å². The Hall–Kier alpha value is -1.69. The number of nitrogens with zero attached hydrogens (tertiary/aromatic N) is 2. The Morgan fingerprint density at radius 3 is 2.70 bits per heavy atom. The van der Waals surface area contributed by atoms with Gasteiger partial charge in [-0.25, -0.2) is 9.97 Å². The Balaban J connectivity index is 3.03. The number of carbonyl (C=O) groups excluding carboxylic acids is 2.